The third-order valence-electron chi connectivity index (χ3n) is 4.09. The predicted octanol–water partition coefficient (Wildman–Crippen LogP) is 5.06. The van der Waals surface area contributed by atoms with Gasteiger partial charge in [-0.2, -0.15) is 10.1 Å². The normalized spacial score (nSPS) is 10.7. The Morgan fingerprint density at radius 3 is 2.55 bits per heavy atom. The fourth-order valence-electron chi connectivity index (χ4n) is 2.65. The van der Waals surface area contributed by atoms with E-state index >= 15 is 0 Å². The molecule has 3 rings (SSSR count). The summed E-state index contributed by atoms with van der Waals surface area (Å²) in [7, 11) is 0. The molecule has 0 fully saturated rings. The maximum atomic E-state index is 13.3. The maximum absolute atomic E-state index is 13.3. The van der Waals surface area contributed by atoms with Gasteiger partial charge in [0.25, 0.3) is 11.8 Å². The number of carbonyl (C=O) groups is 2. The Morgan fingerprint density at radius 1 is 1.14 bits per heavy atom. The minimum Gasteiger partial charge on any atom is -0.321 e. The Labute approximate surface area is 177 Å². The number of pyridine rings is 1. The molecule has 29 heavy (non-hydrogen) atoms. The zero-order valence-electron chi connectivity index (χ0n) is 16.0. The van der Waals surface area contributed by atoms with Crippen molar-refractivity contribution in [2.24, 2.45) is 5.10 Å². The van der Waals surface area contributed by atoms with Crippen LogP contribution in [0, 0.1) is 6.92 Å². The lowest BCUT2D eigenvalue weighted by molar-refractivity contribution is 0.0988. The van der Waals surface area contributed by atoms with E-state index in [-0.39, 0.29) is 11.8 Å². The number of anilines is 2. The first-order valence-corrected chi connectivity index (χ1v) is 9.69. The average Bonchev–Trinajstić information content (AvgIpc) is 2.74. The fraction of sp³-hybridized carbons (Fsp3) is 0.0909. The lowest BCUT2D eigenvalue weighted by Gasteiger charge is -2.19. The second-order valence-electron chi connectivity index (χ2n) is 6.21. The van der Waals surface area contributed by atoms with E-state index < -0.39 is 0 Å². The van der Waals surface area contributed by atoms with Crippen molar-refractivity contribution >= 4 is 45.3 Å². The lowest BCUT2D eigenvalue weighted by atomic mass is 10.1. The quantitative estimate of drug-likeness (QED) is 0.436. The van der Waals surface area contributed by atoms with Gasteiger partial charge in [-0.3, -0.25) is 14.6 Å². The first-order chi connectivity index (χ1) is 14.0. The molecule has 0 saturated heterocycles. The molecule has 0 aliphatic carbocycles. The van der Waals surface area contributed by atoms with E-state index in [1.165, 1.54) is 11.2 Å². The molecule has 146 valence electrons. The first kappa shape index (κ1) is 20.4. The molecule has 7 heteroatoms. The van der Waals surface area contributed by atoms with Gasteiger partial charge >= 0.3 is 0 Å². The zero-order valence-corrected chi connectivity index (χ0v) is 17.6. The molecule has 0 radical (unpaired) electrons. The van der Waals surface area contributed by atoms with E-state index in [0.29, 0.717) is 27.0 Å². The Hall–Kier alpha value is -3.32. The smallest absolute Gasteiger partial charge is 0.280 e. The highest BCUT2D eigenvalue weighted by Gasteiger charge is 2.22. The van der Waals surface area contributed by atoms with Crippen LogP contribution in [-0.2, 0) is 0 Å². The molecule has 0 aliphatic heterocycles. The number of hydrogen-bond acceptors (Lipinski definition) is 4. The topological polar surface area (TPSA) is 74.7 Å². The summed E-state index contributed by atoms with van der Waals surface area (Å²) >= 11 is 3.40. The predicted molar refractivity (Wildman–Crippen MR) is 118 cm³/mol. The van der Waals surface area contributed by atoms with Crippen molar-refractivity contribution in [3.63, 3.8) is 0 Å². The molecule has 0 unspecified atom stereocenters. The molecule has 1 heterocycles. The van der Waals surface area contributed by atoms with Gasteiger partial charge in [0.05, 0.1) is 22.5 Å². The van der Waals surface area contributed by atoms with Gasteiger partial charge in [0.15, 0.2) is 0 Å². The van der Waals surface area contributed by atoms with E-state index in [2.05, 4.69) is 31.3 Å². The number of hydrogen-bond donors (Lipinski definition) is 1. The molecule has 2 amide bonds. The van der Waals surface area contributed by atoms with Gasteiger partial charge in [0.2, 0.25) is 0 Å². The van der Waals surface area contributed by atoms with Gasteiger partial charge in [-0.25, -0.2) is 0 Å². The number of aryl methyl sites for hydroxylation is 1. The van der Waals surface area contributed by atoms with E-state index in [0.717, 1.165) is 5.56 Å². The summed E-state index contributed by atoms with van der Waals surface area (Å²) in [6.07, 6.45) is 4.60. The van der Waals surface area contributed by atoms with Crippen molar-refractivity contribution in [1.29, 1.82) is 0 Å². The molecule has 3 aromatic rings. The number of amides is 2. The second-order valence-corrected chi connectivity index (χ2v) is 7.13. The lowest BCUT2D eigenvalue weighted by Crippen LogP contribution is -2.27. The van der Waals surface area contributed by atoms with Gasteiger partial charge < -0.3 is 5.32 Å². The van der Waals surface area contributed by atoms with Crippen LogP contribution in [0.1, 0.15) is 33.2 Å². The Kier molecular flexibility index (Phi) is 6.51. The molecule has 0 aliphatic rings. The van der Waals surface area contributed by atoms with Crippen molar-refractivity contribution in [1.82, 2.24) is 4.98 Å². The Morgan fingerprint density at radius 2 is 1.90 bits per heavy atom. The van der Waals surface area contributed by atoms with Gasteiger partial charge in [0.1, 0.15) is 0 Å². The molecule has 1 aromatic heterocycles. The molecule has 6 nitrogen and oxygen atoms in total. The summed E-state index contributed by atoms with van der Waals surface area (Å²) < 4.78 is 0.713. The van der Waals surface area contributed by atoms with Crippen molar-refractivity contribution < 1.29 is 9.59 Å². The van der Waals surface area contributed by atoms with Crippen LogP contribution in [0.4, 0.5) is 11.4 Å². The van der Waals surface area contributed by atoms with Crippen LogP contribution in [0.5, 0.6) is 0 Å². The van der Waals surface area contributed by atoms with Gasteiger partial charge in [-0.1, -0.05) is 33.6 Å². The van der Waals surface area contributed by atoms with Crippen molar-refractivity contribution in [3.05, 3.63) is 88.2 Å². The fourth-order valence-corrected chi connectivity index (χ4v) is 3.01. The number of carbonyl (C=O) groups excluding carboxylic acids is 2. The summed E-state index contributed by atoms with van der Waals surface area (Å²) in [5, 5.41) is 8.33. The number of benzene rings is 2. The third kappa shape index (κ3) is 4.94. The van der Waals surface area contributed by atoms with Crippen molar-refractivity contribution in [2.75, 3.05) is 10.3 Å². The maximum Gasteiger partial charge on any atom is 0.280 e. The summed E-state index contributed by atoms with van der Waals surface area (Å²) in [4.78, 5) is 29.9. The molecule has 1 N–H and O–H groups in total. The van der Waals surface area contributed by atoms with E-state index in [4.69, 9.17) is 0 Å². The Bertz CT molecular complexity index is 1050. The van der Waals surface area contributed by atoms with Crippen molar-refractivity contribution in [2.45, 2.75) is 13.8 Å². The van der Waals surface area contributed by atoms with Crippen LogP contribution in [-0.4, -0.2) is 23.0 Å². The van der Waals surface area contributed by atoms with E-state index in [9.17, 15) is 9.59 Å². The molecule has 2 aromatic carbocycles. The SMILES string of the molecule is CC=NN(C(=O)c1cc(Br)ccc1NC(=O)c1cccnc1)c1ccc(C)cc1. The molecule has 0 saturated carbocycles. The van der Waals surface area contributed by atoms with Crippen LogP contribution in [0.2, 0.25) is 0 Å². The van der Waals surface area contributed by atoms with Crippen LogP contribution in [0.15, 0.2) is 76.6 Å². The van der Waals surface area contributed by atoms with Crippen LogP contribution in [0.3, 0.4) is 0 Å². The van der Waals surface area contributed by atoms with Crippen LogP contribution in [0.25, 0.3) is 0 Å². The number of hydrazone groups is 1. The van der Waals surface area contributed by atoms with Crippen LogP contribution >= 0.6 is 15.9 Å². The highest BCUT2D eigenvalue weighted by atomic mass is 79.9. The van der Waals surface area contributed by atoms with E-state index in [1.54, 1.807) is 49.7 Å². The van der Waals surface area contributed by atoms with E-state index in [1.807, 2.05) is 31.2 Å². The highest BCUT2D eigenvalue weighted by Crippen LogP contribution is 2.26. The van der Waals surface area contributed by atoms with Gasteiger partial charge in [-0.15, -0.1) is 0 Å². The molecular weight excluding hydrogens is 432 g/mol. The monoisotopic (exact) mass is 450 g/mol. The summed E-state index contributed by atoms with van der Waals surface area (Å²) in [5.74, 6) is -0.718. The summed E-state index contributed by atoms with van der Waals surface area (Å²) in [6, 6.07) is 15.9. The summed E-state index contributed by atoms with van der Waals surface area (Å²) in [5.41, 5.74) is 2.80. The number of nitrogens with one attached hydrogen (secondary N) is 1. The number of rotatable bonds is 5. The van der Waals surface area contributed by atoms with Gasteiger partial charge in [0, 0.05) is 23.1 Å². The van der Waals surface area contributed by atoms with Crippen molar-refractivity contribution in [3.8, 4) is 0 Å². The Balaban J connectivity index is 1.97. The zero-order chi connectivity index (χ0) is 20.8. The first-order valence-electron chi connectivity index (χ1n) is 8.90. The molecular formula is C22H19BrN4O2. The minimum atomic E-state index is -0.366. The highest BCUT2D eigenvalue weighted by molar-refractivity contribution is 9.10. The minimum absolute atomic E-state index is 0.308. The van der Waals surface area contributed by atoms with Gasteiger partial charge in [-0.05, 0) is 56.3 Å². The number of halogens is 1. The standard InChI is InChI=1S/C22H19BrN4O2/c1-3-25-27(18-9-6-15(2)7-10-18)22(29)19-13-17(23)8-11-20(19)26-21(28)16-5-4-12-24-14-16/h3-14H,1-2H3,(H,26,28). The number of aromatic nitrogens is 1. The molecule has 0 spiro atoms. The molecule has 0 bridgehead atoms. The molecule has 0 atom stereocenters. The second kappa shape index (κ2) is 9.25. The summed E-state index contributed by atoms with van der Waals surface area (Å²) in [6.45, 7) is 3.71. The van der Waals surface area contributed by atoms with Crippen LogP contribution < -0.4 is 10.3 Å². The average molecular weight is 451 g/mol. The third-order valence-corrected chi connectivity index (χ3v) is 4.58. The number of nitrogens with zero attached hydrogens (tertiary/aromatic N) is 3. The largest absolute Gasteiger partial charge is 0.321 e.